The van der Waals surface area contributed by atoms with Gasteiger partial charge in [-0.2, -0.15) is 5.26 Å². The molecule has 1 aromatic carbocycles. The maximum atomic E-state index is 10.8. The largest absolute Gasteiger partial charge is 0.478 e. The first-order valence-corrected chi connectivity index (χ1v) is 4.69. The zero-order valence-electron chi connectivity index (χ0n) is 8.64. The third kappa shape index (κ3) is 1.50. The van der Waals surface area contributed by atoms with Gasteiger partial charge in [0.25, 0.3) is 0 Å². The Balaban J connectivity index is 2.65. The van der Waals surface area contributed by atoms with Crippen molar-refractivity contribution in [2.45, 2.75) is 6.42 Å². The maximum absolute atomic E-state index is 10.8. The molecule has 1 N–H and O–H groups in total. The minimum atomic E-state index is -0.968. The lowest BCUT2D eigenvalue weighted by atomic mass is 10.2. The molecule has 1 heterocycles. The zero-order chi connectivity index (χ0) is 11.7. The van der Waals surface area contributed by atoms with Crippen molar-refractivity contribution in [3.8, 4) is 6.07 Å². The van der Waals surface area contributed by atoms with Gasteiger partial charge in [0.1, 0.15) is 5.82 Å². The van der Waals surface area contributed by atoms with Gasteiger partial charge in [-0.15, -0.1) is 0 Å². The summed E-state index contributed by atoms with van der Waals surface area (Å²) in [6.07, 6.45) is 0.216. The minimum absolute atomic E-state index is 0.216. The number of fused-ring (bicyclic) bond motifs is 1. The van der Waals surface area contributed by atoms with Crippen molar-refractivity contribution < 1.29 is 9.90 Å². The number of aromatic nitrogens is 2. The van der Waals surface area contributed by atoms with E-state index in [1.807, 2.05) is 6.07 Å². The number of nitriles is 1. The van der Waals surface area contributed by atoms with Crippen LogP contribution >= 0.6 is 0 Å². The fraction of sp³-hybridized carbons (Fsp3) is 0.182. The first-order chi connectivity index (χ1) is 7.63. The van der Waals surface area contributed by atoms with E-state index in [1.165, 1.54) is 6.07 Å². The molecular weight excluding hydrogens is 206 g/mol. The van der Waals surface area contributed by atoms with Crippen LogP contribution < -0.4 is 0 Å². The van der Waals surface area contributed by atoms with Crippen LogP contribution in [0.15, 0.2) is 18.2 Å². The van der Waals surface area contributed by atoms with Gasteiger partial charge >= 0.3 is 5.97 Å². The second kappa shape index (κ2) is 3.66. The Morgan fingerprint density at radius 2 is 2.38 bits per heavy atom. The van der Waals surface area contributed by atoms with Crippen molar-refractivity contribution in [1.29, 1.82) is 5.26 Å². The number of carboxylic acid groups (broad SMARTS) is 1. The Hall–Kier alpha value is -2.35. The topological polar surface area (TPSA) is 78.9 Å². The molecule has 0 bridgehead atoms. The molecule has 0 atom stereocenters. The van der Waals surface area contributed by atoms with Gasteiger partial charge in [0.05, 0.1) is 29.1 Å². The molecule has 2 aromatic rings. The van der Waals surface area contributed by atoms with E-state index in [4.69, 9.17) is 10.4 Å². The lowest BCUT2D eigenvalue weighted by molar-refractivity contribution is 0.0697. The number of imidazole rings is 1. The Morgan fingerprint density at radius 3 is 3.00 bits per heavy atom. The molecule has 0 fully saturated rings. The van der Waals surface area contributed by atoms with E-state index in [0.29, 0.717) is 11.3 Å². The fourth-order valence-electron chi connectivity index (χ4n) is 1.60. The molecule has 16 heavy (non-hydrogen) atoms. The second-order valence-corrected chi connectivity index (χ2v) is 3.43. The molecule has 0 saturated carbocycles. The fourth-order valence-corrected chi connectivity index (χ4v) is 1.60. The van der Waals surface area contributed by atoms with Crippen LogP contribution in [0.25, 0.3) is 11.0 Å². The number of rotatable bonds is 2. The van der Waals surface area contributed by atoms with Gasteiger partial charge in [-0.05, 0) is 18.2 Å². The molecule has 0 aliphatic carbocycles. The number of nitrogens with zero attached hydrogens (tertiary/aromatic N) is 3. The van der Waals surface area contributed by atoms with Crippen LogP contribution in [0.1, 0.15) is 16.2 Å². The molecule has 2 rings (SSSR count). The van der Waals surface area contributed by atoms with Gasteiger partial charge in [0.2, 0.25) is 0 Å². The summed E-state index contributed by atoms with van der Waals surface area (Å²) in [4.78, 5) is 15.1. The number of hydrogen-bond donors (Lipinski definition) is 1. The minimum Gasteiger partial charge on any atom is -0.478 e. The predicted octanol–water partition coefficient (Wildman–Crippen LogP) is 1.34. The first kappa shape index (κ1) is 10.2. The van der Waals surface area contributed by atoms with Gasteiger partial charge in [-0.1, -0.05) is 0 Å². The van der Waals surface area contributed by atoms with Crippen molar-refractivity contribution in [3.63, 3.8) is 0 Å². The Morgan fingerprint density at radius 1 is 1.62 bits per heavy atom. The van der Waals surface area contributed by atoms with E-state index < -0.39 is 5.97 Å². The summed E-state index contributed by atoms with van der Waals surface area (Å²) < 4.78 is 1.74. The number of aryl methyl sites for hydroxylation is 1. The van der Waals surface area contributed by atoms with Crippen LogP contribution in [0.5, 0.6) is 0 Å². The van der Waals surface area contributed by atoms with E-state index in [2.05, 4.69) is 4.98 Å². The molecule has 0 amide bonds. The number of carboxylic acids is 1. The Kier molecular flexibility index (Phi) is 2.33. The Bertz CT molecular complexity index is 607. The number of benzene rings is 1. The zero-order valence-corrected chi connectivity index (χ0v) is 8.64. The smallest absolute Gasteiger partial charge is 0.335 e. The summed E-state index contributed by atoms with van der Waals surface area (Å²) in [5.41, 5.74) is 1.65. The summed E-state index contributed by atoms with van der Waals surface area (Å²) in [5.74, 6) is -0.329. The molecule has 0 saturated heterocycles. The normalized spacial score (nSPS) is 10.2. The molecule has 0 radical (unpaired) electrons. The van der Waals surface area contributed by atoms with E-state index in [9.17, 15) is 4.79 Å². The molecule has 5 heteroatoms. The van der Waals surface area contributed by atoms with Crippen LogP contribution in [-0.4, -0.2) is 20.6 Å². The molecule has 0 aliphatic heterocycles. The van der Waals surface area contributed by atoms with Crippen molar-refractivity contribution in [2.75, 3.05) is 0 Å². The third-order valence-electron chi connectivity index (χ3n) is 2.46. The highest BCUT2D eigenvalue weighted by atomic mass is 16.4. The molecule has 0 aliphatic rings. The maximum Gasteiger partial charge on any atom is 0.335 e. The van der Waals surface area contributed by atoms with Gasteiger partial charge in [-0.3, -0.25) is 0 Å². The average molecular weight is 215 g/mol. The van der Waals surface area contributed by atoms with Crippen LogP contribution in [0, 0.1) is 11.3 Å². The van der Waals surface area contributed by atoms with Crippen molar-refractivity contribution >= 4 is 17.0 Å². The predicted molar refractivity (Wildman–Crippen MR) is 57.0 cm³/mol. The third-order valence-corrected chi connectivity index (χ3v) is 2.46. The molecule has 1 aromatic heterocycles. The highest BCUT2D eigenvalue weighted by Gasteiger charge is 2.10. The SMILES string of the molecule is Cn1c(CC#N)nc2ccc(C(=O)O)cc21. The first-order valence-electron chi connectivity index (χ1n) is 4.69. The van der Waals surface area contributed by atoms with Crippen molar-refractivity contribution in [2.24, 2.45) is 7.05 Å². The van der Waals surface area contributed by atoms with Crippen molar-refractivity contribution in [3.05, 3.63) is 29.6 Å². The van der Waals surface area contributed by atoms with Gasteiger partial charge in [-0.25, -0.2) is 9.78 Å². The number of aromatic carboxylic acids is 1. The summed E-state index contributed by atoms with van der Waals surface area (Å²) in [6.45, 7) is 0. The van der Waals surface area contributed by atoms with Crippen molar-refractivity contribution in [1.82, 2.24) is 9.55 Å². The average Bonchev–Trinajstić information content (AvgIpc) is 2.56. The van der Waals surface area contributed by atoms with Gasteiger partial charge in [0.15, 0.2) is 0 Å². The standard InChI is InChI=1S/C11H9N3O2/c1-14-9-6-7(11(15)16)2-3-8(9)13-10(14)4-5-12/h2-3,6H,4H2,1H3,(H,15,16). The van der Waals surface area contributed by atoms with Gasteiger partial charge < -0.3 is 9.67 Å². The second-order valence-electron chi connectivity index (χ2n) is 3.43. The molecular formula is C11H9N3O2. The Labute approximate surface area is 91.6 Å². The highest BCUT2D eigenvalue weighted by Crippen LogP contribution is 2.17. The summed E-state index contributed by atoms with van der Waals surface area (Å²) in [7, 11) is 1.77. The quantitative estimate of drug-likeness (QED) is 0.819. The van der Waals surface area contributed by atoms with E-state index >= 15 is 0 Å². The number of carbonyl (C=O) groups is 1. The van der Waals surface area contributed by atoms with E-state index in [-0.39, 0.29) is 12.0 Å². The van der Waals surface area contributed by atoms with E-state index in [1.54, 1.807) is 23.7 Å². The molecule has 0 unspecified atom stereocenters. The summed E-state index contributed by atoms with van der Waals surface area (Å²) in [6, 6.07) is 6.74. The lowest BCUT2D eigenvalue weighted by Gasteiger charge is -1.98. The van der Waals surface area contributed by atoms with Crippen LogP contribution in [0.2, 0.25) is 0 Å². The van der Waals surface area contributed by atoms with Crippen LogP contribution in [-0.2, 0) is 13.5 Å². The molecule has 5 nitrogen and oxygen atoms in total. The van der Waals surface area contributed by atoms with Gasteiger partial charge in [0, 0.05) is 7.05 Å². The van der Waals surface area contributed by atoms with Crippen LogP contribution in [0.3, 0.4) is 0 Å². The highest BCUT2D eigenvalue weighted by molar-refractivity contribution is 5.92. The number of hydrogen-bond acceptors (Lipinski definition) is 3. The molecule has 80 valence electrons. The van der Waals surface area contributed by atoms with E-state index in [0.717, 1.165) is 5.52 Å². The molecule has 0 spiro atoms. The summed E-state index contributed by atoms with van der Waals surface area (Å²) >= 11 is 0. The van der Waals surface area contributed by atoms with Crippen LogP contribution in [0.4, 0.5) is 0 Å². The monoisotopic (exact) mass is 215 g/mol. The lowest BCUT2D eigenvalue weighted by Crippen LogP contribution is -1.98. The summed E-state index contributed by atoms with van der Waals surface area (Å²) in [5, 5.41) is 17.5.